The fourth-order valence-corrected chi connectivity index (χ4v) is 3.08. The molecule has 1 aliphatic carbocycles. The maximum absolute atomic E-state index is 12.4. The van der Waals surface area contributed by atoms with Gasteiger partial charge in [-0.15, -0.1) is 0 Å². The molecule has 1 aromatic carbocycles. The minimum absolute atomic E-state index is 0.126. The van der Waals surface area contributed by atoms with Gasteiger partial charge in [0.1, 0.15) is 11.5 Å². The van der Waals surface area contributed by atoms with Crippen molar-refractivity contribution in [2.24, 2.45) is 11.8 Å². The van der Waals surface area contributed by atoms with Crippen LogP contribution in [0, 0.1) is 11.8 Å². The Morgan fingerprint density at radius 1 is 1.29 bits per heavy atom. The molecule has 0 bridgehead atoms. The quantitative estimate of drug-likeness (QED) is 0.782. The van der Waals surface area contributed by atoms with Crippen LogP contribution in [0.2, 0.25) is 0 Å². The second-order valence-corrected chi connectivity index (χ2v) is 5.74. The number of Topliss-reactive ketones (excluding diaryl/α,β-unsaturated/α-hetero) is 1. The largest absolute Gasteiger partial charge is 0.493 e. The lowest BCUT2D eigenvalue weighted by atomic mass is 9.87. The lowest BCUT2D eigenvalue weighted by Gasteiger charge is -2.25. The van der Waals surface area contributed by atoms with Crippen LogP contribution in [-0.2, 0) is 14.3 Å². The maximum atomic E-state index is 12.4. The Kier molecular flexibility index (Phi) is 3.95. The molecule has 112 valence electrons. The summed E-state index contributed by atoms with van der Waals surface area (Å²) in [7, 11) is 0. The number of rotatable bonds is 5. The molecule has 0 aromatic heterocycles. The van der Waals surface area contributed by atoms with E-state index in [9.17, 15) is 9.59 Å². The summed E-state index contributed by atoms with van der Waals surface area (Å²) < 4.78 is 10.6. The van der Waals surface area contributed by atoms with Gasteiger partial charge >= 0.3 is 5.97 Å². The predicted molar refractivity (Wildman–Crippen MR) is 77.1 cm³/mol. The number of carbonyl (C=O) groups excluding carboxylic acids is 2. The average Bonchev–Trinajstić information content (AvgIpc) is 3.28. The number of fused-ring (bicyclic) bond motifs is 1. The van der Waals surface area contributed by atoms with E-state index in [4.69, 9.17) is 9.47 Å². The van der Waals surface area contributed by atoms with Crippen LogP contribution in [0.4, 0.5) is 0 Å². The molecule has 3 atom stereocenters. The normalized spacial score (nSPS) is 26.4. The van der Waals surface area contributed by atoms with Crippen LogP contribution < -0.4 is 4.74 Å². The topological polar surface area (TPSA) is 52.6 Å². The van der Waals surface area contributed by atoms with Gasteiger partial charge in [0.05, 0.1) is 19.1 Å². The molecule has 1 saturated carbocycles. The highest BCUT2D eigenvalue weighted by molar-refractivity contribution is 5.91. The molecule has 4 nitrogen and oxygen atoms in total. The van der Waals surface area contributed by atoms with Crippen molar-refractivity contribution in [1.29, 1.82) is 0 Å². The molecule has 4 heteroatoms. The average molecular weight is 288 g/mol. The Morgan fingerprint density at radius 3 is 2.90 bits per heavy atom. The summed E-state index contributed by atoms with van der Waals surface area (Å²) in [5.41, 5.74) is 1.12. The Balaban J connectivity index is 1.61. The summed E-state index contributed by atoms with van der Waals surface area (Å²) in [5, 5.41) is 0. The summed E-state index contributed by atoms with van der Waals surface area (Å²) in [6.45, 7) is 2.82. The van der Waals surface area contributed by atoms with Crippen molar-refractivity contribution in [2.75, 3.05) is 13.2 Å². The van der Waals surface area contributed by atoms with E-state index in [1.54, 1.807) is 6.92 Å². The van der Waals surface area contributed by atoms with E-state index in [0.717, 1.165) is 17.7 Å². The van der Waals surface area contributed by atoms with Gasteiger partial charge in [0, 0.05) is 12.3 Å². The summed E-state index contributed by atoms with van der Waals surface area (Å²) in [5.74, 6) is 0.745. The Bertz CT molecular complexity index is 551. The highest BCUT2D eigenvalue weighted by atomic mass is 16.5. The van der Waals surface area contributed by atoms with Gasteiger partial charge in [0.2, 0.25) is 0 Å². The molecule has 0 spiro atoms. The van der Waals surface area contributed by atoms with Crippen LogP contribution in [0.25, 0.3) is 0 Å². The highest BCUT2D eigenvalue weighted by Gasteiger charge is 2.49. The summed E-state index contributed by atoms with van der Waals surface area (Å²) in [6, 6.07) is 7.90. The molecule has 0 saturated heterocycles. The zero-order valence-electron chi connectivity index (χ0n) is 12.2. The molecule has 1 aliphatic heterocycles. The van der Waals surface area contributed by atoms with Crippen LogP contribution in [0.1, 0.15) is 37.7 Å². The van der Waals surface area contributed by atoms with E-state index >= 15 is 0 Å². The number of esters is 1. The number of para-hydroxylation sites is 1. The molecule has 3 rings (SSSR count). The summed E-state index contributed by atoms with van der Waals surface area (Å²) in [6.07, 6.45) is 2.02. The van der Waals surface area contributed by atoms with E-state index < -0.39 is 0 Å². The maximum Gasteiger partial charge on any atom is 0.309 e. The van der Waals surface area contributed by atoms with Gasteiger partial charge in [-0.2, -0.15) is 0 Å². The predicted octanol–water partition coefficient (Wildman–Crippen LogP) is 2.71. The molecular weight excluding hydrogens is 268 g/mol. The first-order chi connectivity index (χ1) is 10.2. The van der Waals surface area contributed by atoms with Crippen molar-refractivity contribution >= 4 is 11.8 Å². The van der Waals surface area contributed by atoms with Crippen molar-refractivity contribution < 1.29 is 19.1 Å². The molecule has 1 heterocycles. The van der Waals surface area contributed by atoms with Crippen molar-refractivity contribution in [2.45, 2.75) is 32.1 Å². The number of carbonyl (C=O) groups is 2. The lowest BCUT2D eigenvalue weighted by molar-refractivity contribution is -0.145. The van der Waals surface area contributed by atoms with Crippen LogP contribution in [0.15, 0.2) is 24.3 Å². The smallest absolute Gasteiger partial charge is 0.309 e. The first-order valence-electron chi connectivity index (χ1n) is 7.61. The van der Waals surface area contributed by atoms with Gasteiger partial charge in [-0.3, -0.25) is 9.59 Å². The summed E-state index contributed by atoms with van der Waals surface area (Å²) in [4.78, 5) is 24.0. The number of ketones is 1. The zero-order valence-corrected chi connectivity index (χ0v) is 12.2. The van der Waals surface area contributed by atoms with Gasteiger partial charge in [0.15, 0.2) is 0 Å². The number of ether oxygens (including phenoxy) is 2. The van der Waals surface area contributed by atoms with Gasteiger partial charge < -0.3 is 9.47 Å². The standard InChI is InChI=1S/C17H20O4/c1-2-20-17(19)14-10-13(14)15(18)9-11-7-8-21-16-6-4-3-5-12(11)16/h3-6,11,13-14H,2,7-10H2,1H3/t11?,13-,14-/m0/s1. The van der Waals surface area contributed by atoms with Crippen LogP contribution in [0.3, 0.4) is 0 Å². The van der Waals surface area contributed by atoms with E-state index in [1.807, 2.05) is 24.3 Å². The molecule has 21 heavy (non-hydrogen) atoms. The Hall–Kier alpha value is -1.84. The van der Waals surface area contributed by atoms with Crippen LogP contribution in [-0.4, -0.2) is 25.0 Å². The Labute approximate surface area is 124 Å². The van der Waals surface area contributed by atoms with Crippen molar-refractivity contribution in [3.63, 3.8) is 0 Å². The lowest BCUT2D eigenvalue weighted by Crippen LogP contribution is -2.19. The van der Waals surface area contributed by atoms with Crippen molar-refractivity contribution in [1.82, 2.24) is 0 Å². The third kappa shape index (κ3) is 2.94. The van der Waals surface area contributed by atoms with E-state index in [1.165, 1.54) is 0 Å². The van der Waals surface area contributed by atoms with Crippen LogP contribution >= 0.6 is 0 Å². The van der Waals surface area contributed by atoms with Gasteiger partial charge in [-0.25, -0.2) is 0 Å². The molecule has 0 N–H and O–H groups in total. The van der Waals surface area contributed by atoms with E-state index in [-0.39, 0.29) is 29.5 Å². The number of benzene rings is 1. The minimum Gasteiger partial charge on any atom is -0.493 e. The molecule has 1 aromatic rings. The molecular formula is C17H20O4. The SMILES string of the molecule is CCOC(=O)[C@H]1C[C@@H]1C(=O)CC1CCOc2ccccc21. The molecule has 2 aliphatic rings. The zero-order chi connectivity index (χ0) is 14.8. The summed E-state index contributed by atoms with van der Waals surface area (Å²) >= 11 is 0. The number of hydrogen-bond acceptors (Lipinski definition) is 4. The van der Waals surface area contributed by atoms with Gasteiger partial charge in [0.25, 0.3) is 0 Å². The van der Waals surface area contributed by atoms with E-state index in [0.29, 0.717) is 26.1 Å². The first kappa shape index (κ1) is 14.1. The molecule has 1 unspecified atom stereocenters. The highest BCUT2D eigenvalue weighted by Crippen LogP contribution is 2.44. The fraction of sp³-hybridized carbons (Fsp3) is 0.529. The second-order valence-electron chi connectivity index (χ2n) is 5.74. The monoisotopic (exact) mass is 288 g/mol. The molecule has 0 amide bonds. The van der Waals surface area contributed by atoms with E-state index in [2.05, 4.69) is 0 Å². The van der Waals surface area contributed by atoms with Crippen molar-refractivity contribution in [3.05, 3.63) is 29.8 Å². The van der Waals surface area contributed by atoms with Crippen LogP contribution in [0.5, 0.6) is 5.75 Å². The second kappa shape index (κ2) is 5.88. The molecule has 1 fully saturated rings. The van der Waals surface area contributed by atoms with Gasteiger partial charge in [-0.05, 0) is 37.3 Å². The first-order valence-corrected chi connectivity index (χ1v) is 7.61. The molecule has 0 radical (unpaired) electrons. The minimum atomic E-state index is -0.219. The van der Waals surface area contributed by atoms with Gasteiger partial charge in [-0.1, -0.05) is 18.2 Å². The fourth-order valence-electron chi connectivity index (χ4n) is 3.08. The third-order valence-electron chi connectivity index (χ3n) is 4.32. The third-order valence-corrected chi connectivity index (χ3v) is 4.32. The Morgan fingerprint density at radius 2 is 2.10 bits per heavy atom. The van der Waals surface area contributed by atoms with Crippen molar-refractivity contribution in [3.8, 4) is 5.75 Å². The number of hydrogen-bond donors (Lipinski definition) is 0.